The highest BCUT2D eigenvalue weighted by Crippen LogP contribution is 2.29. The van der Waals surface area contributed by atoms with Gasteiger partial charge in [0.15, 0.2) is 5.13 Å². The fourth-order valence-electron chi connectivity index (χ4n) is 2.62. The highest BCUT2D eigenvalue weighted by atomic mass is 35.5. The van der Waals surface area contributed by atoms with Crippen LogP contribution in [0.2, 0.25) is 5.02 Å². The zero-order chi connectivity index (χ0) is 21.2. The Morgan fingerprint density at radius 1 is 1.17 bits per heavy atom. The standard InChI is InChI=1S/C21H23ClN4O2S/c1-5-21(3,4)26-19(28)25-20-23-15-10-9-13(11-16(15)29-20)18(27)24-17-12(2)7-6-8-14(17)22/h6-11H,5H2,1-4H3,(H,24,27)(H2,23,25,26,28). The molecule has 0 aliphatic carbocycles. The lowest BCUT2D eigenvalue weighted by atomic mass is 10.0. The number of rotatable bonds is 5. The van der Waals surface area contributed by atoms with Crippen LogP contribution >= 0.6 is 22.9 Å². The van der Waals surface area contributed by atoms with Crippen LogP contribution in [0.15, 0.2) is 36.4 Å². The van der Waals surface area contributed by atoms with Gasteiger partial charge in [-0.25, -0.2) is 9.78 Å². The lowest BCUT2D eigenvalue weighted by Gasteiger charge is -2.24. The van der Waals surface area contributed by atoms with Gasteiger partial charge in [0.1, 0.15) is 0 Å². The number of thiazole rings is 1. The third-order valence-electron chi connectivity index (χ3n) is 4.67. The second-order valence-corrected chi connectivity index (χ2v) is 8.84. The number of aryl methyl sites for hydroxylation is 1. The molecule has 0 bridgehead atoms. The summed E-state index contributed by atoms with van der Waals surface area (Å²) in [5, 5.41) is 9.50. The Bertz CT molecular complexity index is 1060. The number of nitrogens with zero attached hydrogens (tertiary/aromatic N) is 1. The molecule has 1 aromatic heterocycles. The van der Waals surface area contributed by atoms with Crippen molar-refractivity contribution in [2.75, 3.05) is 10.6 Å². The fourth-order valence-corrected chi connectivity index (χ4v) is 3.79. The maximum Gasteiger partial charge on any atom is 0.321 e. The molecule has 8 heteroatoms. The summed E-state index contributed by atoms with van der Waals surface area (Å²) in [7, 11) is 0. The monoisotopic (exact) mass is 430 g/mol. The molecule has 3 rings (SSSR count). The third-order valence-corrected chi connectivity index (χ3v) is 5.92. The van der Waals surface area contributed by atoms with Crippen molar-refractivity contribution in [2.45, 2.75) is 39.7 Å². The number of amides is 3. The van der Waals surface area contributed by atoms with E-state index < -0.39 is 0 Å². The molecule has 0 fully saturated rings. The third kappa shape index (κ3) is 5.05. The summed E-state index contributed by atoms with van der Waals surface area (Å²) in [5.41, 5.74) is 2.38. The Kier molecular flexibility index (Phi) is 6.10. The second-order valence-electron chi connectivity index (χ2n) is 7.40. The van der Waals surface area contributed by atoms with Crippen molar-refractivity contribution in [1.82, 2.24) is 10.3 Å². The Morgan fingerprint density at radius 3 is 2.62 bits per heavy atom. The van der Waals surface area contributed by atoms with Crippen molar-refractivity contribution in [3.63, 3.8) is 0 Å². The predicted molar refractivity (Wildman–Crippen MR) is 120 cm³/mol. The summed E-state index contributed by atoms with van der Waals surface area (Å²) in [4.78, 5) is 29.3. The highest BCUT2D eigenvalue weighted by Gasteiger charge is 2.19. The quantitative estimate of drug-likeness (QED) is 0.476. The van der Waals surface area contributed by atoms with E-state index in [1.807, 2.05) is 39.8 Å². The van der Waals surface area contributed by atoms with Crippen LogP contribution in [-0.2, 0) is 0 Å². The number of para-hydroxylation sites is 1. The van der Waals surface area contributed by atoms with Gasteiger partial charge in [-0.15, -0.1) is 0 Å². The average molecular weight is 431 g/mol. The largest absolute Gasteiger partial charge is 0.333 e. The Hall–Kier alpha value is -2.64. The van der Waals surface area contributed by atoms with Crippen molar-refractivity contribution in [2.24, 2.45) is 0 Å². The molecule has 0 saturated carbocycles. The number of halogens is 1. The number of urea groups is 1. The second kappa shape index (κ2) is 8.39. The molecule has 0 spiro atoms. The van der Waals surface area contributed by atoms with Crippen molar-refractivity contribution in [1.29, 1.82) is 0 Å². The van der Waals surface area contributed by atoms with Gasteiger partial charge in [0.05, 0.1) is 20.9 Å². The van der Waals surface area contributed by atoms with E-state index in [1.165, 1.54) is 11.3 Å². The SMILES string of the molecule is CCC(C)(C)NC(=O)Nc1nc2ccc(C(=O)Nc3c(C)cccc3Cl)cc2s1. The van der Waals surface area contributed by atoms with Gasteiger partial charge in [-0.1, -0.05) is 42.0 Å². The van der Waals surface area contributed by atoms with E-state index in [-0.39, 0.29) is 17.5 Å². The van der Waals surface area contributed by atoms with Crippen LogP contribution in [0.3, 0.4) is 0 Å². The van der Waals surface area contributed by atoms with Crippen molar-refractivity contribution in [3.05, 3.63) is 52.5 Å². The van der Waals surface area contributed by atoms with Gasteiger partial charge in [0.25, 0.3) is 5.91 Å². The molecular weight excluding hydrogens is 408 g/mol. The van der Waals surface area contributed by atoms with E-state index >= 15 is 0 Å². The topological polar surface area (TPSA) is 83.1 Å². The number of nitrogens with one attached hydrogen (secondary N) is 3. The molecule has 3 amide bonds. The maximum absolute atomic E-state index is 12.7. The van der Waals surface area contributed by atoms with E-state index in [4.69, 9.17) is 11.6 Å². The molecular formula is C21H23ClN4O2S. The van der Waals surface area contributed by atoms with Gasteiger partial charge in [-0.2, -0.15) is 0 Å². The molecule has 0 atom stereocenters. The van der Waals surface area contributed by atoms with Gasteiger partial charge in [-0.3, -0.25) is 10.1 Å². The van der Waals surface area contributed by atoms with Gasteiger partial charge >= 0.3 is 6.03 Å². The number of carbonyl (C=O) groups excluding carboxylic acids is 2. The summed E-state index contributed by atoms with van der Waals surface area (Å²) < 4.78 is 0.804. The molecule has 152 valence electrons. The predicted octanol–water partition coefficient (Wildman–Crippen LogP) is 5.82. The number of aromatic nitrogens is 1. The molecule has 1 heterocycles. The van der Waals surface area contributed by atoms with Gasteiger partial charge in [0.2, 0.25) is 0 Å². The first-order chi connectivity index (χ1) is 13.7. The highest BCUT2D eigenvalue weighted by molar-refractivity contribution is 7.22. The number of hydrogen-bond acceptors (Lipinski definition) is 4. The van der Waals surface area contributed by atoms with Crippen LogP contribution in [0.1, 0.15) is 43.1 Å². The fraction of sp³-hybridized carbons (Fsp3) is 0.286. The minimum Gasteiger partial charge on any atom is -0.333 e. The average Bonchev–Trinajstić information content (AvgIpc) is 3.05. The molecule has 0 unspecified atom stereocenters. The molecule has 3 N–H and O–H groups in total. The molecule has 29 heavy (non-hydrogen) atoms. The minimum absolute atomic E-state index is 0.256. The molecule has 0 aliphatic heterocycles. The van der Waals surface area contributed by atoms with Crippen LogP contribution in [0.4, 0.5) is 15.6 Å². The number of carbonyl (C=O) groups is 2. The number of anilines is 2. The molecule has 6 nitrogen and oxygen atoms in total. The van der Waals surface area contributed by atoms with Crippen LogP contribution in [0.25, 0.3) is 10.2 Å². The lowest BCUT2D eigenvalue weighted by molar-refractivity contribution is 0.102. The van der Waals surface area contributed by atoms with Crippen LogP contribution in [0, 0.1) is 6.92 Å². The summed E-state index contributed by atoms with van der Waals surface area (Å²) in [6.07, 6.45) is 0.809. The molecule has 3 aromatic rings. The van der Waals surface area contributed by atoms with E-state index in [1.54, 1.807) is 24.3 Å². The lowest BCUT2D eigenvalue weighted by Crippen LogP contribution is -2.44. The number of benzene rings is 2. The van der Waals surface area contributed by atoms with E-state index in [2.05, 4.69) is 20.9 Å². The molecule has 2 aromatic carbocycles. The first kappa shape index (κ1) is 21.1. The first-order valence-electron chi connectivity index (χ1n) is 9.25. The van der Waals surface area contributed by atoms with Crippen LogP contribution in [0.5, 0.6) is 0 Å². The number of fused-ring (bicyclic) bond motifs is 1. The smallest absolute Gasteiger partial charge is 0.321 e. The van der Waals surface area contributed by atoms with Crippen molar-refractivity contribution in [3.8, 4) is 0 Å². The molecule has 0 aliphatic rings. The van der Waals surface area contributed by atoms with E-state index in [0.29, 0.717) is 26.9 Å². The van der Waals surface area contributed by atoms with Crippen molar-refractivity contribution >= 4 is 55.9 Å². The van der Waals surface area contributed by atoms with Gasteiger partial charge < -0.3 is 10.6 Å². The Balaban J connectivity index is 1.77. The Labute approximate surface area is 178 Å². The van der Waals surface area contributed by atoms with E-state index in [0.717, 1.165) is 16.7 Å². The number of hydrogen-bond donors (Lipinski definition) is 3. The molecule has 0 radical (unpaired) electrons. The van der Waals surface area contributed by atoms with Gasteiger partial charge in [0, 0.05) is 11.1 Å². The van der Waals surface area contributed by atoms with Gasteiger partial charge in [-0.05, 0) is 57.0 Å². The summed E-state index contributed by atoms with van der Waals surface area (Å²) in [6.45, 7) is 7.80. The van der Waals surface area contributed by atoms with Crippen LogP contribution < -0.4 is 16.0 Å². The van der Waals surface area contributed by atoms with E-state index in [9.17, 15) is 9.59 Å². The molecule has 0 saturated heterocycles. The normalized spacial score (nSPS) is 11.3. The minimum atomic E-state index is -0.303. The zero-order valence-electron chi connectivity index (χ0n) is 16.7. The summed E-state index contributed by atoms with van der Waals surface area (Å²) in [6, 6.07) is 10.4. The summed E-state index contributed by atoms with van der Waals surface area (Å²) >= 11 is 7.51. The van der Waals surface area contributed by atoms with Crippen LogP contribution in [-0.4, -0.2) is 22.5 Å². The maximum atomic E-state index is 12.7. The summed E-state index contributed by atoms with van der Waals surface area (Å²) in [5.74, 6) is -0.256. The Morgan fingerprint density at radius 2 is 1.93 bits per heavy atom. The first-order valence-corrected chi connectivity index (χ1v) is 10.4. The zero-order valence-corrected chi connectivity index (χ0v) is 18.3. The van der Waals surface area contributed by atoms with Crippen molar-refractivity contribution < 1.29 is 9.59 Å².